The number of sulfonamides is 1. The lowest BCUT2D eigenvalue weighted by Crippen LogP contribution is -2.52. The Morgan fingerprint density at radius 3 is 2.26 bits per heavy atom. The first kappa shape index (κ1) is 26.2. The van der Waals surface area contributed by atoms with Gasteiger partial charge < -0.3 is 10.2 Å². The van der Waals surface area contributed by atoms with Crippen LogP contribution in [-0.4, -0.2) is 55.1 Å². The normalized spacial score (nSPS) is 15.6. The van der Waals surface area contributed by atoms with Crippen molar-refractivity contribution < 1.29 is 18.0 Å². The molecule has 34 heavy (non-hydrogen) atoms. The molecule has 3 rings (SSSR count). The monoisotopic (exact) mass is 505 g/mol. The van der Waals surface area contributed by atoms with Crippen LogP contribution in [0.5, 0.6) is 0 Å². The number of nitrogens with one attached hydrogen (secondary N) is 1. The van der Waals surface area contributed by atoms with Gasteiger partial charge >= 0.3 is 0 Å². The number of hydrogen-bond acceptors (Lipinski definition) is 4. The molecule has 0 saturated heterocycles. The van der Waals surface area contributed by atoms with Crippen molar-refractivity contribution in [2.24, 2.45) is 0 Å². The number of halogens is 1. The molecule has 2 aromatic rings. The van der Waals surface area contributed by atoms with Crippen molar-refractivity contribution >= 4 is 33.4 Å². The third kappa shape index (κ3) is 6.81. The van der Waals surface area contributed by atoms with Crippen LogP contribution in [0.25, 0.3) is 0 Å². The summed E-state index contributed by atoms with van der Waals surface area (Å²) in [6, 6.07) is 14.5. The largest absolute Gasteiger partial charge is 0.352 e. The van der Waals surface area contributed by atoms with E-state index in [9.17, 15) is 18.0 Å². The second-order valence-corrected chi connectivity index (χ2v) is 11.2. The summed E-state index contributed by atoms with van der Waals surface area (Å²) in [5, 5.41) is 3.50. The average molecular weight is 506 g/mol. The molecule has 0 unspecified atom stereocenters. The van der Waals surface area contributed by atoms with Gasteiger partial charge in [0, 0.05) is 24.7 Å². The maximum absolute atomic E-state index is 13.3. The van der Waals surface area contributed by atoms with Crippen molar-refractivity contribution in [2.75, 3.05) is 13.6 Å². The summed E-state index contributed by atoms with van der Waals surface area (Å²) in [7, 11) is -2.54. The van der Waals surface area contributed by atoms with Crippen LogP contribution in [0.15, 0.2) is 59.5 Å². The van der Waals surface area contributed by atoms with E-state index in [0.717, 1.165) is 35.6 Å². The first-order valence-corrected chi connectivity index (χ1v) is 13.4. The molecule has 1 N–H and O–H groups in total. The van der Waals surface area contributed by atoms with Gasteiger partial charge in [-0.05, 0) is 49.6 Å². The van der Waals surface area contributed by atoms with Crippen molar-refractivity contribution in [2.45, 2.75) is 62.6 Å². The molecule has 2 amide bonds. The third-order valence-corrected chi connectivity index (χ3v) is 8.26. The van der Waals surface area contributed by atoms with Gasteiger partial charge in [0.1, 0.15) is 6.04 Å². The Balaban J connectivity index is 1.76. The lowest BCUT2D eigenvalue weighted by Gasteiger charge is -2.32. The summed E-state index contributed by atoms with van der Waals surface area (Å²) < 4.78 is 26.9. The molecule has 0 aromatic heterocycles. The summed E-state index contributed by atoms with van der Waals surface area (Å²) in [5.41, 5.74) is 0.858. The van der Waals surface area contributed by atoms with Crippen molar-refractivity contribution in [3.63, 3.8) is 0 Å². The Morgan fingerprint density at radius 1 is 1.03 bits per heavy atom. The van der Waals surface area contributed by atoms with Crippen LogP contribution in [0, 0.1) is 0 Å². The van der Waals surface area contributed by atoms with E-state index in [1.54, 1.807) is 6.92 Å². The number of nitrogens with zero attached hydrogens (tertiary/aromatic N) is 2. The average Bonchev–Trinajstić information content (AvgIpc) is 2.83. The Kier molecular flexibility index (Phi) is 9.10. The minimum absolute atomic E-state index is 0.0462. The number of carbonyl (C=O) groups excluding carboxylic acids is 2. The summed E-state index contributed by atoms with van der Waals surface area (Å²) >= 11 is 5.87. The number of rotatable bonds is 9. The van der Waals surface area contributed by atoms with E-state index < -0.39 is 28.5 Å². The first-order chi connectivity index (χ1) is 16.2. The van der Waals surface area contributed by atoms with Crippen molar-refractivity contribution in [1.29, 1.82) is 0 Å². The van der Waals surface area contributed by atoms with E-state index in [4.69, 9.17) is 11.6 Å². The predicted octanol–water partition coefficient (Wildman–Crippen LogP) is 3.83. The number of hydrogen-bond donors (Lipinski definition) is 1. The second-order valence-electron chi connectivity index (χ2n) is 8.74. The zero-order chi connectivity index (χ0) is 24.7. The fraction of sp³-hybridized carbons (Fsp3) is 0.440. The van der Waals surface area contributed by atoms with Crippen LogP contribution in [0.3, 0.4) is 0 Å². The Labute approximate surface area is 207 Å². The molecule has 184 valence electrons. The van der Waals surface area contributed by atoms with E-state index in [1.807, 2.05) is 30.3 Å². The number of likely N-dealkylation sites (N-methyl/N-ethyl adjacent to an activating group) is 1. The van der Waals surface area contributed by atoms with Crippen LogP contribution in [0.1, 0.15) is 44.6 Å². The van der Waals surface area contributed by atoms with Gasteiger partial charge in [-0.3, -0.25) is 9.59 Å². The van der Waals surface area contributed by atoms with Gasteiger partial charge in [0.2, 0.25) is 21.8 Å². The lowest BCUT2D eigenvalue weighted by molar-refractivity contribution is -0.141. The number of amides is 2. The molecular formula is C25H32ClN3O4S. The highest BCUT2D eigenvalue weighted by atomic mass is 35.5. The molecule has 2 aromatic carbocycles. The molecule has 1 saturated carbocycles. The first-order valence-electron chi connectivity index (χ1n) is 11.5. The van der Waals surface area contributed by atoms with Crippen LogP contribution in [-0.2, 0) is 26.2 Å². The maximum Gasteiger partial charge on any atom is 0.243 e. The lowest BCUT2D eigenvalue weighted by atomic mass is 9.95. The van der Waals surface area contributed by atoms with E-state index in [1.165, 1.54) is 42.6 Å². The number of benzene rings is 2. The zero-order valence-corrected chi connectivity index (χ0v) is 21.2. The minimum Gasteiger partial charge on any atom is -0.352 e. The minimum atomic E-state index is -3.90. The van der Waals surface area contributed by atoms with Gasteiger partial charge in [-0.15, -0.1) is 0 Å². The van der Waals surface area contributed by atoms with Crippen LogP contribution < -0.4 is 5.32 Å². The maximum atomic E-state index is 13.3. The van der Waals surface area contributed by atoms with E-state index in [0.29, 0.717) is 5.02 Å². The number of carbonyl (C=O) groups is 2. The third-order valence-electron chi connectivity index (χ3n) is 6.19. The molecule has 0 radical (unpaired) electrons. The fourth-order valence-corrected chi connectivity index (χ4v) is 5.33. The van der Waals surface area contributed by atoms with E-state index in [-0.39, 0.29) is 23.4 Å². The molecular weight excluding hydrogens is 474 g/mol. The molecule has 0 spiro atoms. The van der Waals surface area contributed by atoms with Crippen LogP contribution >= 0.6 is 11.6 Å². The summed E-state index contributed by atoms with van der Waals surface area (Å²) in [6.45, 7) is 1.50. The van der Waals surface area contributed by atoms with Crippen LogP contribution in [0.2, 0.25) is 5.02 Å². The molecule has 0 heterocycles. The Morgan fingerprint density at radius 2 is 1.65 bits per heavy atom. The van der Waals surface area contributed by atoms with Crippen LogP contribution in [0.4, 0.5) is 0 Å². The van der Waals surface area contributed by atoms with Gasteiger partial charge in [-0.2, -0.15) is 4.31 Å². The summed E-state index contributed by atoms with van der Waals surface area (Å²) in [4.78, 5) is 27.9. The predicted molar refractivity (Wildman–Crippen MR) is 133 cm³/mol. The molecule has 1 fully saturated rings. The van der Waals surface area contributed by atoms with Crippen molar-refractivity contribution in [3.8, 4) is 0 Å². The van der Waals surface area contributed by atoms with Gasteiger partial charge in [-0.25, -0.2) is 8.42 Å². The smallest absolute Gasteiger partial charge is 0.243 e. The van der Waals surface area contributed by atoms with Gasteiger partial charge in [0.15, 0.2) is 0 Å². The highest BCUT2D eigenvalue weighted by molar-refractivity contribution is 7.89. The van der Waals surface area contributed by atoms with Crippen molar-refractivity contribution in [1.82, 2.24) is 14.5 Å². The molecule has 1 aliphatic rings. The summed E-state index contributed by atoms with van der Waals surface area (Å²) in [5.74, 6) is -0.672. The van der Waals surface area contributed by atoms with Crippen molar-refractivity contribution in [3.05, 3.63) is 65.2 Å². The molecule has 9 heteroatoms. The highest BCUT2D eigenvalue weighted by Crippen LogP contribution is 2.20. The molecule has 7 nitrogen and oxygen atoms in total. The zero-order valence-electron chi connectivity index (χ0n) is 19.6. The second kappa shape index (κ2) is 11.8. The van der Waals surface area contributed by atoms with E-state index in [2.05, 4.69) is 5.32 Å². The molecule has 0 aliphatic heterocycles. The van der Waals surface area contributed by atoms with Gasteiger partial charge in [-0.1, -0.05) is 61.2 Å². The SMILES string of the molecule is C[C@H](C(=O)NC1CCCCC1)N(Cc1ccccc1)C(=O)CN(C)S(=O)(=O)c1ccc(Cl)cc1. The Hall–Kier alpha value is -2.42. The topological polar surface area (TPSA) is 86.8 Å². The molecule has 0 bridgehead atoms. The highest BCUT2D eigenvalue weighted by Gasteiger charge is 2.31. The fourth-order valence-electron chi connectivity index (χ4n) is 4.08. The van der Waals surface area contributed by atoms with Gasteiger partial charge in [0.05, 0.1) is 11.4 Å². The molecule has 1 atom stereocenters. The quantitative estimate of drug-likeness (QED) is 0.561. The Bertz CT molecular complexity index is 1070. The summed E-state index contributed by atoms with van der Waals surface area (Å²) in [6.07, 6.45) is 5.22. The standard InChI is InChI=1S/C25H32ClN3O4S/c1-19(25(31)27-22-11-7-4-8-12-22)29(17-20-9-5-3-6-10-20)24(30)18-28(2)34(32,33)23-15-13-21(26)14-16-23/h3,5-6,9-10,13-16,19,22H,4,7-8,11-12,17-18H2,1-2H3,(H,27,31)/t19-/m1/s1. The van der Waals surface area contributed by atoms with Gasteiger partial charge in [0.25, 0.3) is 0 Å². The van der Waals surface area contributed by atoms with E-state index >= 15 is 0 Å². The molecule has 1 aliphatic carbocycles.